The highest BCUT2D eigenvalue weighted by atomic mass is 79.9. The molecule has 2 saturated carbocycles. The summed E-state index contributed by atoms with van der Waals surface area (Å²) >= 11 is 7.39. The number of benzene rings is 2. The molecule has 0 spiro atoms. The number of carbonyl (C=O) groups is 3. The summed E-state index contributed by atoms with van der Waals surface area (Å²) in [4.78, 5) is 40.4. The third kappa shape index (κ3) is 3.14. The smallest absolute Gasteiger partial charge is 0.347 e. The van der Waals surface area contributed by atoms with Crippen molar-refractivity contribution in [3.63, 3.8) is 0 Å². The van der Waals surface area contributed by atoms with Gasteiger partial charge in [0, 0.05) is 9.65 Å². The van der Waals surface area contributed by atoms with Crippen LogP contribution in [0.5, 0.6) is 11.5 Å². The Balaban J connectivity index is 1.35. The van der Waals surface area contributed by atoms with Gasteiger partial charge >= 0.3 is 5.97 Å². The first kappa shape index (κ1) is 20.7. The van der Waals surface area contributed by atoms with Crippen molar-refractivity contribution in [1.82, 2.24) is 0 Å². The number of esters is 1. The van der Waals surface area contributed by atoms with Crippen molar-refractivity contribution in [1.29, 1.82) is 0 Å². The van der Waals surface area contributed by atoms with Crippen LogP contribution in [-0.2, 0) is 9.59 Å². The van der Waals surface area contributed by atoms with Crippen molar-refractivity contribution < 1.29 is 23.9 Å². The molecule has 3 aliphatic rings. The number of fused-ring (bicyclic) bond motifs is 5. The van der Waals surface area contributed by atoms with Gasteiger partial charge in [-0.1, -0.05) is 44.0 Å². The molecule has 0 radical (unpaired) electrons. The molecule has 6 atom stereocenters. The van der Waals surface area contributed by atoms with Gasteiger partial charge in [-0.05, 0) is 54.7 Å². The first-order valence-electron chi connectivity index (χ1n) is 10.0. The normalized spacial score (nSPS) is 31.1. The van der Waals surface area contributed by atoms with Crippen LogP contribution in [0.1, 0.15) is 16.8 Å². The Labute approximate surface area is 196 Å². The molecule has 0 aromatic heterocycles. The zero-order valence-electron chi connectivity index (χ0n) is 16.5. The standard InChI is InChI=1S/C23H19Br2NO5/c1-30-16-5-3-2-4-13(16)23(29)31-12-8-6-11(7-9-12)26-21(27)17-14-10-15(18(17)22(26)28)20(25)19(14)24/h2-9,14-15,17-20H,10H2,1H3. The number of carbonyl (C=O) groups excluding carboxylic acids is 3. The summed E-state index contributed by atoms with van der Waals surface area (Å²) in [5.74, 6) is -0.262. The van der Waals surface area contributed by atoms with E-state index in [0.29, 0.717) is 22.7 Å². The lowest BCUT2D eigenvalue weighted by molar-refractivity contribution is -0.123. The summed E-state index contributed by atoms with van der Waals surface area (Å²) in [6, 6.07) is 13.3. The number of hydrogen-bond acceptors (Lipinski definition) is 5. The van der Waals surface area contributed by atoms with Crippen LogP contribution in [0.3, 0.4) is 0 Å². The predicted octanol–water partition coefficient (Wildman–Crippen LogP) is 4.20. The number of imide groups is 1. The van der Waals surface area contributed by atoms with Gasteiger partial charge in [-0.2, -0.15) is 0 Å². The van der Waals surface area contributed by atoms with Crippen molar-refractivity contribution in [2.24, 2.45) is 23.7 Å². The molecule has 3 fully saturated rings. The number of hydrogen-bond donors (Lipinski definition) is 0. The highest BCUT2D eigenvalue weighted by Crippen LogP contribution is 2.60. The summed E-state index contributed by atoms with van der Waals surface area (Å²) in [6.07, 6.45) is 0.893. The summed E-state index contributed by atoms with van der Waals surface area (Å²) in [7, 11) is 1.49. The molecule has 2 aromatic rings. The molecule has 2 aliphatic carbocycles. The maximum Gasteiger partial charge on any atom is 0.347 e. The van der Waals surface area contributed by atoms with Gasteiger partial charge in [0.2, 0.25) is 11.8 Å². The fraction of sp³-hybridized carbons (Fsp3) is 0.348. The van der Waals surface area contributed by atoms with Gasteiger partial charge < -0.3 is 9.47 Å². The average molecular weight is 549 g/mol. The van der Waals surface area contributed by atoms with Crippen LogP contribution in [0, 0.1) is 23.7 Å². The van der Waals surface area contributed by atoms with E-state index in [1.807, 2.05) is 0 Å². The number of anilines is 1. The topological polar surface area (TPSA) is 72.9 Å². The molecule has 1 heterocycles. The van der Waals surface area contributed by atoms with Crippen LogP contribution in [0.2, 0.25) is 0 Å². The lowest BCUT2D eigenvalue weighted by Gasteiger charge is -2.28. The van der Waals surface area contributed by atoms with Gasteiger partial charge in [-0.3, -0.25) is 14.5 Å². The number of amides is 2. The second-order valence-corrected chi connectivity index (χ2v) is 10.2. The van der Waals surface area contributed by atoms with Gasteiger partial charge in [-0.15, -0.1) is 0 Å². The molecule has 2 aromatic carbocycles. The average Bonchev–Trinajstić information content (AvgIpc) is 3.39. The molecule has 5 rings (SSSR count). The molecule has 6 unspecified atom stereocenters. The van der Waals surface area contributed by atoms with E-state index in [1.165, 1.54) is 12.0 Å². The highest BCUT2D eigenvalue weighted by Gasteiger charge is 2.66. The molecule has 31 heavy (non-hydrogen) atoms. The Kier molecular flexibility index (Phi) is 5.17. The maximum atomic E-state index is 13.1. The van der Waals surface area contributed by atoms with E-state index in [1.54, 1.807) is 48.5 Å². The van der Waals surface area contributed by atoms with Gasteiger partial charge in [0.1, 0.15) is 17.1 Å². The lowest BCUT2D eigenvalue weighted by atomic mass is 9.81. The summed E-state index contributed by atoms with van der Waals surface area (Å²) < 4.78 is 10.6. The van der Waals surface area contributed by atoms with E-state index in [9.17, 15) is 14.4 Å². The maximum absolute atomic E-state index is 13.1. The summed E-state index contributed by atoms with van der Waals surface area (Å²) in [5.41, 5.74) is 0.814. The van der Waals surface area contributed by atoms with Crippen LogP contribution >= 0.6 is 31.9 Å². The van der Waals surface area contributed by atoms with Gasteiger partial charge in [0.25, 0.3) is 0 Å². The van der Waals surface area contributed by atoms with Gasteiger partial charge in [0.15, 0.2) is 0 Å². The molecule has 6 nitrogen and oxygen atoms in total. The highest BCUT2D eigenvalue weighted by molar-refractivity contribution is 9.12. The van der Waals surface area contributed by atoms with Crippen LogP contribution in [0.15, 0.2) is 48.5 Å². The molecule has 2 bridgehead atoms. The lowest BCUT2D eigenvalue weighted by Crippen LogP contribution is -2.37. The van der Waals surface area contributed by atoms with Crippen LogP contribution in [0.4, 0.5) is 5.69 Å². The van der Waals surface area contributed by atoms with E-state index in [-0.39, 0.29) is 45.1 Å². The first-order valence-corrected chi connectivity index (χ1v) is 11.9. The quantitative estimate of drug-likeness (QED) is 0.248. The van der Waals surface area contributed by atoms with Crippen LogP contribution in [-0.4, -0.2) is 34.5 Å². The number of halogens is 2. The Morgan fingerprint density at radius 3 is 2.10 bits per heavy atom. The van der Waals surface area contributed by atoms with Crippen molar-refractivity contribution in [3.8, 4) is 11.5 Å². The van der Waals surface area contributed by atoms with Crippen LogP contribution < -0.4 is 14.4 Å². The third-order valence-corrected chi connectivity index (χ3v) is 9.83. The van der Waals surface area contributed by atoms with E-state index in [4.69, 9.17) is 9.47 Å². The van der Waals surface area contributed by atoms with E-state index >= 15 is 0 Å². The Hall–Kier alpha value is -2.19. The zero-order chi connectivity index (χ0) is 21.9. The van der Waals surface area contributed by atoms with Gasteiger partial charge in [0.05, 0.1) is 24.6 Å². The van der Waals surface area contributed by atoms with Crippen molar-refractivity contribution in [2.45, 2.75) is 16.1 Å². The SMILES string of the molecule is COc1ccccc1C(=O)Oc1ccc(N2C(=O)C3C4CC(C(Br)C4Br)C3C2=O)cc1. The minimum absolute atomic E-state index is 0.134. The second-order valence-electron chi connectivity index (χ2n) is 8.10. The molecule has 2 amide bonds. The van der Waals surface area contributed by atoms with E-state index in [2.05, 4.69) is 31.9 Å². The third-order valence-electron chi connectivity index (χ3n) is 6.62. The number of rotatable bonds is 4. The Morgan fingerprint density at radius 1 is 0.935 bits per heavy atom. The fourth-order valence-electron chi connectivity index (χ4n) is 5.24. The summed E-state index contributed by atoms with van der Waals surface area (Å²) in [5, 5.41) is 0. The van der Waals surface area contributed by atoms with Crippen molar-refractivity contribution in [2.75, 3.05) is 12.0 Å². The number of para-hydroxylation sites is 1. The molecule has 1 aliphatic heterocycles. The van der Waals surface area contributed by atoms with Crippen LogP contribution in [0.25, 0.3) is 0 Å². The van der Waals surface area contributed by atoms with Gasteiger partial charge in [-0.25, -0.2) is 4.79 Å². The number of alkyl halides is 2. The Morgan fingerprint density at radius 2 is 1.52 bits per heavy atom. The monoisotopic (exact) mass is 547 g/mol. The molecular formula is C23H19Br2NO5. The summed E-state index contributed by atoms with van der Waals surface area (Å²) in [6.45, 7) is 0. The number of methoxy groups -OCH3 is 1. The van der Waals surface area contributed by atoms with E-state index < -0.39 is 5.97 Å². The second kappa shape index (κ2) is 7.74. The molecule has 0 N–H and O–H groups in total. The first-order chi connectivity index (χ1) is 14.9. The van der Waals surface area contributed by atoms with Crippen molar-refractivity contribution >= 4 is 55.3 Å². The van der Waals surface area contributed by atoms with E-state index in [0.717, 1.165) is 6.42 Å². The minimum Gasteiger partial charge on any atom is -0.496 e. The Bertz CT molecular complexity index is 1040. The van der Waals surface area contributed by atoms with Crippen molar-refractivity contribution in [3.05, 3.63) is 54.1 Å². The number of nitrogens with zero attached hydrogens (tertiary/aromatic N) is 1. The largest absolute Gasteiger partial charge is 0.496 e. The zero-order valence-corrected chi connectivity index (χ0v) is 19.7. The predicted molar refractivity (Wildman–Crippen MR) is 121 cm³/mol. The molecular weight excluding hydrogens is 530 g/mol. The molecule has 1 saturated heterocycles. The number of ether oxygens (including phenoxy) is 2. The minimum atomic E-state index is -0.545. The molecule has 160 valence electrons. The molecule has 8 heteroatoms. The fourth-order valence-corrected chi connectivity index (χ4v) is 7.12.